The minimum atomic E-state index is -0.0828. The van der Waals surface area contributed by atoms with E-state index in [0.29, 0.717) is 25.3 Å². The van der Waals surface area contributed by atoms with Gasteiger partial charge in [0.05, 0.1) is 6.04 Å². The van der Waals surface area contributed by atoms with Gasteiger partial charge in [0.1, 0.15) is 5.75 Å². The molecule has 2 atom stereocenters. The average molecular weight is 393 g/mol. The van der Waals surface area contributed by atoms with Crippen LogP contribution in [0.1, 0.15) is 18.0 Å². The zero-order valence-corrected chi connectivity index (χ0v) is 17.0. The first-order chi connectivity index (χ1) is 14.0. The number of nitrogens with zero attached hydrogens (tertiary/aromatic N) is 3. The van der Waals surface area contributed by atoms with Crippen molar-refractivity contribution in [1.82, 2.24) is 9.80 Å². The summed E-state index contributed by atoms with van der Waals surface area (Å²) in [6.45, 7) is 1.79. The Labute approximate surface area is 171 Å². The van der Waals surface area contributed by atoms with Crippen LogP contribution in [0.5, 0.6) is 5.75 Å². The van der Waals surface area contributed by atoms with Gasteiger partial charge in [0, 0.05) is 51.8 Å². The number of hydrogen-bond acceptors (Lipinski definition) is 4. The van der Waals surface area contributed by atoms with Gasteiger partial charge in [-0.15, -0.1) is 0 Å². The van der Waals surface area contributed by atoms with Crippen LogP contribution in [0, 0.1) is 5.92 Å². The van der Waals surface area contributed by atoms with Crippen LogP contribution in [-0.4, -0.2) is 62.0 Å². The van der Waals surface area contributed by atoms with Gasteiger partial charge in [0.15, 0.2) is 6.61 Å². The van der Waals surface area contributed by atoms with Gasteiger partial charge in [0.2, 0.25) is 5.91 Å². The van der Waals surface area contributed by atoms with E-state index in [9.17, 15) is 9.59 Å². The lowest BCUT2D eigenvalue weighted by molar-refractivity contribution is -0.141. The number of rotatable bonds is 3. The van der Waals surface area contributed by atoms with E-state index < -0.39 is 0 Å². The molecule has 152 valence electrons. The van der Waals surface area contributed by atoms with Crippen LogP contribution < -0.4 is 9.64 Å². The molecule has 0 bridgehead atoms. The van der Waals surface area contributed by atoms with Gasteiger partial charge in [-0.25, -0.2) is 0 Å². The van der Waals surface area contributed by atoms with Crippen LogP contribution in [0.4, 0.5) is 5.69 Å². The summed E-state index contributed by atoms with van der Waals surface area (Å²) in [4.78, 5) is 31.6. The Bertz CT molecular complexity index is 886. The molecule has 1 saturated heterocycles. The zero-order chi connectivity index (χ0) is 20.4. The smallest absolute Gasteiger partial charge is 0.261 e. The maximum atomic E-state index is 13.2. The summed E-state index contributed by atoms with van der Waals surface area (Å²) in [5.41, 5.74) is 2.28. The molecule has 6 heteroatoms. The van der Waals surface area contributed by atoms with E-state index >= 15 is 0 Å². The Morgan fingerprint density at radius 1 is 1.00 bits per heavy atom. The van der Waals surface area contributed by atoms with Crippen molar-refractivity contribution in [3.8, 4) is 5.75 Å². The Kier molecular flexibility index (Phi) is 5.43. The number of benzene rings is 2. The van der Waals surface area contributed by atoms with Gasteiger partial charge in [0.25, 0.3) is 5.91 Å². The van der Waals surface area contributed by atoms with Gasteiger partial charge < -0.3 is 19.4 Å². The van der Waals surface area contributed by atoms with E-state index in [1.54, 1.807) is 0 Å². The van der Waals surface area contributed by atoms with Gasteiger partial charge in [-0.3, -0.25) is 9.59 Å². The lowest BCUT2D eigenvalue weighted by Gasteiger charge is -2.47. The van der Waals surface area contributed by atoms with E-state index in [2.05, 4.69) is 24.1 Å². The first kappa shape index (κ1) is 19.3. The van der Waals surface area contributed by atoms with Crippen molar-refractivity contribution in [3.05, 3.63) is 60.2 Å². The summed E-state index contributed by atoms with van der Waals surface area (Å²) in [7, 11) is 3.93. The summed E-state index contributed by atoms with van der Waals surface area (Å²) in [6, 6.07) is 17.5. The summed E-state index contributed by atoms with van der Waals surface area (Å²) in [5.74, 6) is 0.807. The monoisotopic (exact) mass is 393 g/mol. The molecule has 6 nitrogen and oxygen atoms in total. The van der Waals surface area contributed by atoms with Crippen molar-refractivity contribution < 1.29 is 14.3 Å². The first-order valence-corrected chi connectivity index (χ1v) is 10.1. The third kappa shape index (κ3) is 3.92. The minimum absolute atomic E-state index is 0.0325. The van der Waals surface area contributed by atoms with Gasteiger partial charge in [-0.05, 0) is 23.8 Å². The van der Waals surface area contributed by atoms with E-state index in [1.807, 2.05) is 59.3 Å². The number of para-hydroxylation sites is 2. The number of amides is 2. The highest BCUT2D eigenvalue weighted by Gasteiger charge is 2.40. The molecule has 2 aromatic carbocycles. The van der Waals surface area contributed by atoms with Crippen molar-refractivity contribution in [2.45, 2.75) is 12.5 Å². The predicted molar refractivity (Wildman–Crippen MR) is 112 cm³/mol. The molecule has 0 aliphatic carbocycles. The van der Waals surface area contributed by atoms with Gasteiger partial charge >= 0.3 is 0 Å². The molecule has 2 aliphatic heterocycles. The Morgan fingerprint density at radius 3 is 2.48 bits per heavy atom. The summed E-state index contributed by atoms with van der Waals surface area (Å²) in [5, 5.41) is 0. The molecule has 0 N–H and O–H groups in total. The Hall–Kier alpha value is -3.02. The topological polar surface area (TPSA) is 53.1 Å². The number of hydrogen-bond donors (Lipinski definition) is 0. The number of carbonyl (C=O) groups is 2. The molecule has 4 rings (SSSR count). The molecule has 2 amide bonds. The van der Waals surface area contributed by atoms with Crippen molar-refractivity contribution in [1.29, 1.82) is 0 Å². The highest BCUT2D eigenvalue weighted by Crippen LogP contribution is 2.41. The molecule has 0 saturated carbocycles. The molecule has 0 radical (unpaired) electrons. The third-order valence-corrected chi connectivity index (χ3v) is 5.88. The van der Waals surface area contributed by atoms with E-state index in [4.69, 9.17) is 4.74 Å². The molecule has 0 unspecified atom stereocenters. The first-order valence-electron chi connectivity index (χ1n) is 10.1. The van der Waals surface area contributed by atoms with Gasteiger partial charge in [-0.1, -0.05) is 36.4 Å². The van der Waals surface area contributed by atoms with Crippen LogP contribution in [0.25, 0.3) is 0 Å². The predicted octanol–water partition coefficient (Wildman–Crippen LogP) is 2.56. The lowest BCUT2D eigenvalue weighted by Crippen LogP contribution is -2.53. The molecule has 2 aliphatic rings. The molecule has 2 heterocycles. The van der Waals surface area contributed by atoms with E-state index in [-0.39, 0.29) is 30.4 Å². The van der Waals surface area contributed by atoms with Crippen molar-refractivity contribution in [2.75, 3.05) is 45.2 Å². The zero-order valence-electron chi connectivity index (χ0n) is 17.0. The number of anilines is 1. The molecule has 0 spiro atoms. The second-order valence-corrected chi connectivity index (χ2v) is 7.86. The second kappa shape index (κ2) is 8.15. The van der Waals surface area contributed by atoms with E-state index in [0.717, 1.165) is 17.8 Å². The highest BCUT2D eigenvalue weighted by molar-refractivity contribution is 5.81. The molecule has 0 aromatic heterocycles. The Balaban J connectivity index is 1.64. The normalized spacial score (nSPS) is 21.7. The minimum Gasteiger partial charge on any atom is -0.484 e. The standard InChI is InChI=1S/C23H27N3O3/c1-24-14-17-15-25(2)21(27)12-13-26(23(17)19-10-6-7-11-20(19)24)22(28)16-29-18-8-4-3-5-9-18/h3-11,17,23H,12-16H2,1-2H3/t17-,23-/m1/s1. The number of ether oxygens (including phenoxy) is 1. The molecule has 1 fully saturated rings. The quantitative estimate of drug-likeness (QED) is 0.804. The highest BCUT2D eigenvalue weighted by atomic mass is 16.5. The average Bonchev–Trinajstić information content (AvgIpc) is 2.73. The van der Waals surface area contributed by atoms with Crippen LogP contribution in [0.3, 0.4) is 0 Å². The maximum absolute atomic E-state index is 13.2. The molecular formula is C23H27N3O3. The molecule has 29 heavy (non-hydrogen) atoms. The summed E-state index contributed by atoms with van der Waals surface area (Å²) < 4.78 is 5.73. The van der Waals surface area contributed by atoms with Crippen molar-refractivity contribution in [2.24, 2.45) is 5.92 Å². The largest absolute Gasteiger partial charge is 0.484 e. The fourth-order valence-electron chi connectivity index (χ4n) is 4.49. The maximum Gasteiger partial charge on any atom is 0.261 e. The fraction of sp³-hybridized carbons (Fsp3) is 0.391. The van der Waals surface area contributed by atoms with Crippen LogP contribution in [0.15, 0.2) is 54.6 Å². The van der Waals surface area contributed by atoms with Crippen LogP contribution >= 0.6 is 0 Å². The van der Waals surface area contributed by atoms with Crippen molar-refractivity contribution >= 4 is 17.5 Å². The van der Waals surface area contributed by atoms with Crippen molar-refractivity contribution in [3.63, 3.8) is 0 Å². The third-order valence-electron chi connectivity index (χ3n) is 5.88. The molecule has 2 aromatic rings. The molecular weight excluding hydrogens is 366 g/mol. The number of carbonyl (C=O) groups excluding carboxylic acids is 2. The lowest BCUT2D eigenvalue weighted by atomic mass is 9.84. The number of fused-ring (bicyclic) bond motifs is 3. The second-order valence-electron chi connectivity index (χ2n) is 7.86. The summed E-state index contributed by atoms with van der Waals surface area (Å²) >= 11 is 0. The summed E-state index contributed by atoms with van der Waals surface area (Å²) in [6.07, 6.45) is 0.328. The van der Waals surface area contributed by atoms with Crippen LogP contribution in [-0.2, 0) is 9.59 Å². The fourth-order valence-corrected chi connectivity index (χ4v) is 4.49. The van der Waals surface area contributed by atoms with Crippen LogP contribution in [0.2, 0.25) is 0 Å². The van der Waals surface area contributed by atoms with Gasteiger partial charge in [-0.2, -0.15) is 0 Å². The Morgan fingerprint density at radius 2 is 1.69 bits per heavy atom. The SMILES string of the molecule is CN1C[C@H]2CN(C)c3ccccc3[C@@H]2N(C(=O)COc2ccccc2)CCC1=O. The van der Waals surface area contributed by atoms with E-state index in [1.165, 1.54) is 0 Å².